The van der Waals surface area contributed by atoms with Crippen LogP contribution in [0.3, 0.4) is 0 Å². The number of rotatable bonds is 24. The topological polar surface area (TPSA) is 235 Å². The van der Waals surface area contributed by atoms with E-state index in [2.05, 4.69) is 10.6 Å². The van der Waals surface area contributed by atoms with Crippen molar-refractivity contribution in [1.82, 2.24) is 0 Å². The van der Waals surface area contributed by atoms with E-state index in [9.17, 15) is 39.3 Å². The highest BCUT2D eigenvalue weighted by Gasteiger charge is 2.48. The van der Waals surface area contributed by atoms with Gasteiger partial charge in [0.05, 0.1) is 112 Å². The lowest BCUT2D eigenvalue weighted by Crippen LogP contribution is -2.30. The number of carbonyl (C=O) groups excluding carboxylic acids is 3. The fraction of sp³-hybridized carbons (Fsp3) is 0.490. The summed E-state index contributed by atoms with van der Waals surface area (Å²) >= 11 is 0. The number of hydrogen-bond acceptors (Lipinski definition) is 17. The molecule has 5 aromatic rings. The van der Waals surface area contributed by atoms with Gasteiger partial charge in [0, 0.05) is 41.5 Å². The molecular weight excluding hydrogens is 857 g/mol. The van der Waals surface area contributed by atoms with E-state index >= 15 is 0 Å². The number of anilines is 2. The van der Waals surface area contributed by atoms with Crippen molar-refractivity contribution in [3.8, 4) is 11.5 Å². The lowest BCUT2D eigenvalue weighted by atomic mass is 9.79. The average Bonchev–Trinajstić information content (AvgIpc) is 4.24. The summed E-state index contributed by atoms with van der Waals surface area (Å²) < 4.78 is 38.6. The minimum absolute atomic E-state index is 0.0140. The molecule has 3 aliphatic carbocycles. The molecule has 1 atom stereocenters. The van der Waals surface area contributed by atoms with Crippen LogP contribution in [0.5, 0.6) is 11.5 Å². The number of phenols is 1. The van der Waals surface area contributed by atoms with Crippen LogP contribution >= 0.6 is 0 Å². The van der Waals surface area contributed by atoms with Crippen LogP contribution in [0, 0.1) is 0 Å². The van der Waals surface area contributed by atoms with E-state index in [-0.39, 0.29) is 89.5 Å². The van der Waals surface area contributed by atoms with E-state index in [0.29, 0.717) is 95.7 Å². The Morgan fingerprint density at radius 3 is 1.64 bits per heavy atom. The van der Waals surface area contributed by atoms with Gasteiger partial charge in [0.2, 0.25) is 0 Å². The minimum Gasteiger partial charge on any atom is -0.505 e. The zero-order chi connectivity index (χ0) is 47.1. The number of benzene rings is 5. The highest BCUT2D eigenvalue weighted by molar-refractivity contribution is 6.39. The second kappa shape index (κ2) is 18.9. The number of aromatic hydroxyl groups is 1. The van der Waals surface area contributed by atoms with Gasteiger partial charge >= 0.3 is 11.9 Å². The van der Waals surface area contributed by atoms with Crippen molar-refractivity contribution in [3.05, 3.63) is 60.4 Å². The maximum absolute atomic E-state index is 14.8. The third-order valence-corrected chi connectivity index (χ3v) is 13.1. The highest BCUT2D eigenvalue weighted by Crippen LogP contribution is 2.58. The molecule has 17 heteroatoms. The van der Waals surface area contributed by atoms with Crippen LogP contribution in [-0.2, 0) is 56.0 Å². The number of methoxy groups -OCH3 is 3. The first-order valence-corrected chi connectivity index (χ1v) is 22.2. The quantitative estimate of drug-likeness (QED) is 0.0184. The zero-order valence-electron chi connectivity index (χ0n) is 37.9. The first-order chi connectivity index (χ1) is 31.8. The summed E-state index contributed by atoms with van der Waals surface area (Å²) in [5.74, 6) is -2.42. The van der Waals surface area contributed by atoms with Crippen LogP contribution in [-0.4, -0.2) is 118 Å². The van der Waals surface area contributed by atoms with E-state index < -0.39 is 58.8 Å². The van der Waals surface area contributed by atoms with Crippen molar-refractivity contribution in [2.45, 2.75) is 82.6 Å². The second-order valence-electron chi connectivity index (χ2n) is 17.6. The number of nitrogens with one attached hydrogen (secondary N) is 2. The van der Waals surface area contributed by atoms with Crippen molar-refractivity contribution < 1.29 is 62.9 Å². The van der Waals surface area contributed by atoms with Crippen molar-refractivity contribution in [1.29, 1.82) is 0 Å². The summed E-state index contributed by atoms with van der Waals surface area (Å²) in [6.45, 7) is 3.65. The van der Waals surface area contributed by atoms with E-state index in [1.165, 1.54) is 26.2 Å². The van der Waals surface area contributed by atoms with Gasteiger partial charge in [-0.3, -0.25) is 24.0 Å². The molecule has 0 aromatic heterocycles. The normalized spacial score (nSPS) is 16.8. The summed E-state index contributed by atoms with van der Waals surface area (Å²) in [6, 6.07) is 2.56. The number of aliphatic hydroxyl groups excluding tert-OH is 2. The van der Waals surface area contributed by atoms with Gasteiger partial charge in [0.1, 0.15) is 24.7 Å². The van der Waals surface area contributed by atoms with Gasteiger partial charge in [-0.05, 0) is 78.9 Å². The fourth-order valence-electron chi connectivity index (χ4n) is 9.52. The lowest BCUT2D eigenvalue weighted by molar-refractivity contribution is -0.146. The summed E-state index contributed by atoms with van der Waals surface area (Å²) in [6.07, 6.45) is 4.06. The monoisotopic (exact) mass is 912 g/mol. The Balaban J connectivity index is 1.35. The van der Waals surface area contributed by atoms with Crippen LogP contribution in [0.1, 0.15) is 80.5 Å². The Bertz CT molecular complexity index is 2870. The molecule has 5 N–H and O–H groups in total. The molecule has 0 aliphatic heterocycles. The van der Waals surface area contributed by atoms with E-state index in [1.807, 2.05) is 0 Å². The third kappa shape index (κ3) is 8.48. The van der Waals surface area contributed by atoms with Crippen molar-refractivity contribution in [2.24, 2.45) is 0 Å². The van der Waals surface area contributed by atoms with Crippen molar-refractivity contribution in [2.75, 3.05) is 84.8 Å². The molecule has 352 valence electrons. The Morgan fingerprint density at radius 1 is 0.667 bits per heavy atom. The molecule has 0 bridgehead atoms. The van der Waals surface area contributed by atoms with Gasteiger partial charge < -0.3 is 59.1 Å². The van der Waals surface area contributed by atoms with Crippen molar-refractivity contribution in [3.63, 3.8) is 0 Å². The van der Waals surface area contributed by atoms with E-state index in [1.54, 1.807) is 27.2 Å². The summed E-state index contributed by atoms with van der Waals surface area (Å²) in [4.78, 5) is 69.0. The summed E-state index contributed by atoms with van der Waals surface area (Å²) in [7, 11) is 4.55. The van der Waals surface area contributed by atoms with E-state index in [4.69, 9.17) is 33.2 Å². The predicted octanol–water partition coefficient (Wildman–Crippen LogP) is 4.77. The fourth-order valence-corrected chi connectivity index (χ4v) is 9.52. The standard InChI is InChI=1S/C49H56N2O15/c1-25-18-29-37-40-35(28(22-53)20-31(56)39(40)46(59)44(29)50-48(8-9-48)23-65-32(57)6-12-63-16-14-60-3)36-27(21-52)19-30(55)38-41(36)42(37)43(34(25)26(2)54)47(62-5)45(38)51-49(10-11-49)24-66-33(58)7-13-64-17-15-61-4/h18-20,34,50-53,59H,6-17,21-24H2,1-5H3. The van der Waals surface area contributed by atoms with E-state index in [0.717, 1.165) is 0 Å². The molecular formula is C49H56N2O15. The summed E-state index contributed by atoms with van der Waals surface area (Å²) in [5.41, 5.74) is -0.569. The number of ether oxygens (including phenoxy) is 7. The molecule has 66 heavy (non-hydrogen) atoms. The third-order valence-electron chi connectivity index (χ3n) is 13.1. The number of allylic oxidation sites excluding steroid dienone is 1. The van der Waals surface area contributed by atoms with Gasteiger partial charge in [-0.25, -0.2) is 0 Å². The number of phenolic OH excluding ortho intramolecular Hbond substituents is 1. The maximum atomic E-state index is 14.8. The Labute approximate surface area is 379 Å². The Hall–Kier alpha value is -5.69. The predicted molar refractivity (Wildman–Crippen MR) is 246 cm³/mol. The van der Waals surface area contributed by atoms with Crippen LogP contribution < -0.4 is 26.2 Å². The zero-order valence-corrected chi connectivity index (χ0v) is 37.9. The SMILES string of the molecule is COCCOCCC(=O)OCC1(Nc2c(O)c3c(=O)cc(CO)c4c5c(CO)cc(=O)c6c(NC7(COC(=O)CCOCCOC)CC7)c(OC)c7c(c(c2C=C(C)C7C(C)=O)c34)c65)CC1. The molecule has 0 amide bonds. The van der Waals surface area contributed by atoms with Crippen LogP contribution in [0.4, 0.5) is 11.4 Å². The van der Waals surface area contributed by atoms with Gasteiger partial charge in [0.15, 0.2) is 16.6 Å². The number of aliphatic hydroxyl groups is 2. The van der Waals surface area contributed by atoms with Crippen molar-refractivity contribution >= 4 is 78.3 Å². The maximum Gasteiger partial charge on any atom is 0.308 e. The number of carbonyl (C=O) groups is 3. The molecule has 1 unspecified atom stereocenters. The number of hydrogen-bond donors (Lipinski definition) is 5. The average molecular weight is 913 g/mol. The van der Waals surface area contributed by atoms with Crippen LogP contribution in [0.25, 0.3) is 49.2 Å². The number of Topliss-reactive ketones (excluding diaryl/α,β-unsaturated/α-hetero) is 1. The molecule has 3 aliphatic rings. The van der Waals surface area contributed by atoms with Crippen LogP contribution in [0.2, 0.25) is 0 Å². The molecule has 0 heterocycles. The molecule has 8 rings (SSSR count). The van der Waals surface area contributed by atoms with Gasteiger partial charge in [-0.15, -0.1) is 0 Å². The molecule has 2 saturated carbocycles. The second-order valence-corrected chi connectivity index (χ2v) is 17.6. The number of ketones is 1. The van der Waals surface area contributed by atoms with Gasteiger partial charge in [-0.1, -0.05) is 11.6 Å². The highest BCUT2D eigenvalue weighted by atomic mass is 16.5. The molecule has 0 saturated heterocycles. The summed E-state index contributed by atoms with van der Waals surface area (Å²) in [5, 5.41) is 43.6. The first-order valence-electron chi connectivity index (χ1n) is 22.2. The Kier molecular flexibility index (Phi) is 13.4. The molecule has 17 nitrogen and oxygen atoms in total. The smallest absolute Gasteiger partial charge is 0.308 e. The number of esters is 2. The molecule has 0 spiro atoms. The number of fused-ring (bicyclic) bond motifs is 1. The largest absolute Gasteiger partial charge is 0.505 e. The Morgan fingerprint density at radius 2 is 1.17 bits per heavy atom. The first kappa shape index (κ1) is 46.8. The molecule has 5 aromatic carbocycles. The molecule has 0 radical (unpaired) electrons. The van der Waals surface area contributed by atoms with Gasteiger partial charge in [0.25, 0.3) is 0 Å². The lowest BCUT2D eigenvalue weighted by Gasteiger charge is -2.29. The minimum atomic E-state index is -0.986. The molecule has 2 fully saturated rings. The van der Waals surface area contributed by atoms with Gasteiger partial charge in [-0.2, -0.15) is 0 Å². The van der Waals surface area contributed by atoms with Crippen LogP contribution in [0.15, 0.2) is 27.3 Å².